The van der Waals surface area contributed by atoms with E-state index in [1.807, 2.05) is 23.4 Å². The summed E-state index contributed by atoms with van der Waals surface area (Å²) in [5, 5.41) is 5.62. The van der Waals surface area contributed by atoms with Gasteiger partial charge in [0, 0.05) is 6.04 Å². The van der Waals surface area contributed by atoms with Gasteiger partial charge in [0.15, 0.2) is 0 Å². The van der Waals surface area contributed by atoms with E-state index in [1.165, 1.54) is 19.3 Å². The van der Waals surface area contributed by atoms with Crippen LogP contribution in [0.3, 0.4) is 0 Å². The SMILES string of the molecule is CCCCCSc1c(N)c(C)nn1C(C)C. The molecular weight excluding hydrogens is 218 g/mol. The molecule has 0 spiro atoms. The Kier molecular flexibility index (Phi) is 5.19. The molecule has 2 N–H and O–H groups in total. The maximum absolute atomic E-state index is 6.05. The van der Waals surface area contributed by atoms with Crippen LogP contribution in [-0.2, 0) is 0 Å². The Bertz CT molecular complexity index is 331. The number of nitrogens with two attached hydrogens (primary N) is 1. The van der Waals surface area contributed by atoms with Gasteiger partial charge >= 0.3 is 0 Å². The zero-order valence-corrected chi connectivity index (χ0v) is 11.6. The summed E-state index contributed by atoms with van der Waals surface area (Å²) in [7, 11) is 0. The zero-order chi connectivity index (χ0) is 12.1. The van der Waals surface area contributed by atoms with Gasteiger partial charge in [-0.3, -0.25) is 4.68 Å². The largest absolute Gasteiger partial charge is 0.395 e. The van der Waals surface area contributed by atoms with Crippen LogP contribution in [0.4, 0.5) is 5.69 Å². The molecule has 3 nitrogen and oxygen atoms in total. The molecule has 0 amide bonds. The molecule has 92 valence electrons. The maximum atomic E-state index is 6.05. The van der Waals surface area contributed by atoms with Gasteiger partial charge in [0.2, 0.25) is 0 Å². The van der Waals surface area contributed by atoms with Crippen LogP contribution in [0.1, 0.15) is 51.8 Å². The lowest BCUT2D eigenvalue weighted by molar-refractivity contribution is 0.491. The summed E-state index contributed by atoms with van der Waals surface area (Å²) < 4.78 is 2.04. The first-order chi connectivity index (χ1) is 7.57. The molecule has 0 saturated heterocycles. The Labute approximate surface area is 103 Å². The minimum absolute atomic E-state index is 0.379. The highest BCUT2D eigenvalue weighted by Crippen LogP contribution is 2.30. The average Bonchev–Trinajstić information content (AvgIpc) is 2.52. The monoisotopic (exact) mass is 241 g/mol. The van der Waals surface area contributed by atoms with Crippen molar-refractivity contribution in [2.45, 2.75) is 58.0 Å². The van der Waals surface area contributed by atoms with Crippen LogP contribution < -0.4 is 5.73 Å². The lowest BCUT2D eigenvalue weighted by Crippen LogP contribution is -2.05. The lowest BCUT2D eigenvalue weighted by Gasteiger charge is -2.10. The molecule has 0 aromatic carbocycles. The van der Waals surface area contributed by atoms with Crippen molar-refractivity contribution in [3.05, 3.63) is 5.69 Å². The number of hydrogen-bond acceptors (Lipinski definition) is 3. The van der Waals surface area contributed by atoms with E-state index < -0.39 is 0 Å². The summed E-state index contributed by atoms with van der Waals surface area (Å²) in [6.45, 7) is 8.48. The highest BCUT2D eigenvalue weighted by Gasteiger charge is 2.14. The van der Waals surface area contributed by atoms with Gasteiger partial charge in [-0.2, -0.15) is 5.10 Å². The van der Waals surface area contributed by atoms with Crippen molar-refractivity contribution in [2.75, 3.05) is 11.5 Å². The summed E-state index contributed by atoms with van der Waals surface area (Å²) in [6, 6.07) is 0.379. The zero-order valence-electron chi connectivity index (χ0n) is 10.8. The van der Waals surface area contributed by atoms with Crippen molar-refractivity contribution in [2.24, 2.45) is 0 Å². The predicted octanol–water partition coefficient (Wildman–Crippen LogP) is 3.64. The van der Waals surface area contributed by atoms with E-state index in [-0.39, 0.29) is 0 Å². The van der Waals surface area contributed by atoms with Crippen LogP contribution in [0.5, 0.6) is 0 Å². The van der Waals surface area contributed by atoms with E-state index >= 15 is 0 Å². The third-order valence-electron chi connectivity index (χ3n) is 2.56. The van der Waals surface area contributed by atoms with Crippen molar-refractivity contribution in [1.82, 2.24) is 9.78 Å². The van der Waals surface area contributed by atoms with Crippen molar-refractivity contribution >= 4 is 17.4 Å². The molecule has 0 saturated carbocycles. The summed E-state index contributed by atoms with van der Waals surface area (Å²) in [5.41, 5.74) is 7.86. The van der Waals surface area contributed by atoms with Gasteiger partial charge < -0.3 is 5.73 Å². The molecule has 16 heavy (non-hydrogen) atoms. The normalized spacial score (nSPS) is 11.3. The van der Waals surface area contributed by atoms with E-state index in [2.05, 4.69) is 25.9 Å². The molecule has 4 heteroatoms. The molecule has 0 radical (unpaired) electrons. The molecule has 0 atom stereocenters. The predicted molar refractivity (Wildman–Crippen MR) is 72.0 cm³/mol. The van der Waals surface area contributed by atoms with Crippen molar-refractivity contribution in [1.29, 1.82) is 0 Å². The second kappa shape index (κ2) is 6.18. The van der Waals surface area contributed by atoms with Crippen molar-refractivity contribution in [3.8, 4) is 0 Å². The Hall–Kier alpha value is -0.640. The summed E-state index contributed by atoms with van der Waals surface area (Å²) >= 11 is 1.84. The smallest absolute Gasteiger partial charge is 0.118 e. The van der Waals surface area contributed by atoms with Crippen LogP contribution in [0.25, 0.3) is 0 Å². The Morgan fingerprint density at radius 2 is 2.06 bits per heavy atom. The number of thioether (sulfide) groups is 1. The van der Waals surface area contributed by atoms with Crippen LogP contribution in [0.2, 0.25) is 0 Å². The van der Waals surface area contributed by atoms with E-state index in [0.29, 0.717) is 6.04 Å². The molecular formula is C12H23N3S. The van der Waals surface area contributed by atoms with Crippen LogP contribution in [-0.4, -0.2) is 15.5 Å². The van der Waals surface area contributed by atoms with Gasteiger partial charge in [-0.1, -0.05) is 19.8 Å². The minimum Gasteiger partial charge on any atom is -0.395 e. The fourth-order valence-corrected chi connectivity index (χ4v) is 2.78. The third kappa shape index (κ3) is 3.17. The number of aryl methyl sites for hydroxylation is 1. The number of anilines is 1. The fraction of sp³-hybridized carbons (Fsp3) is 0.750. The maximum Gasteiger partial charge on any atom is 0.118 e. The minimum atomic E-state index is 0.379. The summed E-state index contributed by atoms with van der Waals surface area (Å²) in [4.78, 5) is 0. The van der Waals surface area contributed by atoms with Gasteiger partial charge in [0.1, 0.15) is 5.03 Å². The Morgan fingerprint density at radius 1 is 1.38 bits per heavy atom. The number of nitrogens with zero attached hydrogens (tertiary/aromatic N) is 2. The number of aromatic nitrogens is 2. The molecule has 0 fully saturated rings. The molecule has 1 aromatic rings. The van der Waals surface area contributed by atoms with Crippen LogP contribution in [0.15, 0.2) is 5.03 Å². The van der Waals surface area contributed by atoms with E-state index in [9.17, 15) is 0 Å². The van der Waals surface area contributed by atoms with E-state index in [1.54, 1.807) is 0 Å². The highest BCUT2D eigenvalue weighted by molar-refractivity contribution is 7.99. The van der Waals surface area contributed by atoms with Gasteiger partial charge in [0.05, 0.1) is 11.4 Å². The number of hydrogen-bond donors (Lipinski definition) is 1. The van der Waals surface area contributed by atoms with Gasteiger partial charge in [-0.25, -0.2) is 0 Å². The van der Waals surface area contributed by atoms with Crippen molar-refractivity contribution in [3.63, 3.8) is 0 Å². The highest BCUT2D eigenvalue weighted by atomic mass is 32.2. The molecule has 0 aliphatic rings. The quantitative estimate of drug-likeness (QED) is 0.611. The van der Waals surface area contributed by atoms with E-state index in [4.69, 9.17) is 5.73 Å². The molecule has 0 aliphatic carbocycles. The molecule has 1 aromatic heterocycles. The first-order valence-electron chi connectivity index (χ1n) is 6.05. The first-order valence-corrected chi connectivity index (χ1v) is 7.03. The average molecular weight is 241 g/mol. The topological polar surface area (TPSA) is 43.8 Å². The molecule has 0 aliphatic heterocycles. The number of unbranched alkanes of at least 4 members (excludes halogenated alkanes) is 2. The second-order valence-electron chi connectivity index (χ2n) is 4.40. The number of rotatable bonds is 6. The van der Waals surface area contributed by atoms with Crippen LogP contribution in [0, 0.1) is 6.92 Å². The molecule has 1 heterocycles. The lowest BCUT2D eigenvalue weighted by atomic mass is 10.3. The first kappa shape index (κ1) is 13.4. The van der Waals surface area contributed by atoms with Gasteiger partial charge in [-0.15, -0.1) is 11.8 Å². The molecule has 0 unspecified atom stereocenters. The van der Waals surface area contributed by atoms with E-state index in [0.717, 1.165) is 22.2 Å². The molecule has 0 bridgehead atoms. The Morgan fingerprint density at radius 3 is 2.62 bits per heavy atom. The van der Waals surface area contributed by atoms with Gasteiger partial charge in [-0.05, 0) is 32.9 Å². The van der Waals surface area contributed by atoms with Gasteiger partial charge in [0.25, 0.3) is 0 Å². The third-order valence-corrected chi connectivity index (χ3v) is 3.74. The Balaban J connectivity index is 2.69. The summed E-state index contributed by atoms with van der Waals surface area (Å²) in [6.07, 6.45) is 3.81. The fourth-order valence-electron chi connectivity index (χ4n) is 1.55. The molecule has 1 rings (SSSR count). The summed E-state index contributed by atoms with van der Waals surface area (Å²) in [5.74, 6) is 1.13. The number of nitrogen functional groups attached to an aromatic ring is 1. The second-order valence-corrected chi connectivity index (χ2v) is 5.48. The standard InChI is InChI=1S/C12H23N3S/c1-5-6-7-8-16-12-11(13)10(4)14-15(12)9(2)3/h9H,5-8,13H2,1-4H3. The van der Waals surface area contributed by atoms with Crippen molar-refractivity contribution < 1.29 is 0 Å². The van der Waals surface area contributed by atoms with Crippen LogP contribution >= 0.6 is 11.8 Å².